The number of esters is 4. The molecule has 5 aromatic rings. The van der Waals surface area contributed by atoms with Crippen molar-refractivity contribution in [3.8, 4) is 68.6 Å². The van der Waals surface area contributed by atoms with Gasteiger partial charge in [-0.3, -0.25) is 0 Å². The molecule has 4 aromatic carbocycles. The second-order valence-electron chi connectivity index (χ2n) is 12.4. The Morgan fingerprint density at radius 3 is 1.42 bits per heavy atom. The maximum Gasteiger partial charge on any atom is 0.341 e. The number of rotatable bonds is 0. The number of benzene rings is 4. The van der Waals surface area contributed by atoms with Gasteiger partial charge in [0, 0.05) is 21.9 Å². The van der Waals surface area contributed by atoms with E-state index in [0.29, 0.717) is 24.3 Å². The topological polar surface area (TPSA) is 350 Å². The van der Waals surface area contributed by atoms with Gasteiger partial charge in [-0.25, -0.2) is 19.2 Å². The first-order chi connectivity index (χ1) is 26.0. The fourth-order valence-electron chi connectivity index (χ4n) is 6.68. The molecule has 1 fully saturated rings. The molecule has 11 N–H and O–H groups in total. The molecule has 284 valence electrons. The number of phenols is 10. The minimum atomic E-state index is -2.28. The van der Waals surface area contributed by atoms with Crippen molar-refractivity contribution in [2.24, 2.45) is 0 Å². The molecular formula is C34H22O21. The van der Waals surface area contributed by atoms with E-state index in [9.17, 15) is 75.3 Å². The first-order valence-electron chi connectivity index (χ1n) is 15.6. The summed E-state index contributed by atoms with van der Waals surface area (Å²) >= 11 is 0. The largest absolute Gasteiger partial charge is 0.504 e. The lowest BCUT2D eigenvalue weighted by Crippen LogP contribution is -2.62. The van der Waals surface area contributed by atoms with Gasteiger partial charge in [0.2, 0.25) is 29.3 Å². The summed E-state index contributed by atoms with van der Waals surface area (Å²) in [5, 5.41) is 116. The molecule has 3 aliphatic heterocycles. The van der Waals surface area contributed by atoms with E-state index in [1.165, 1.54) is 0 Å². The molecule has 1 saturated heterocycles. The van der Waals surface area contributed by atoms with Gasteiger partial charge in [0.15, 0.2) is 57.9 Å². The van der Waals surface area contributed by atoms with Crippen LogP contribution in [0.1, 0.15) is 41.4 Å². The van der Waals surface area contributed by atoms with Gasteiger partial charge in [-0.2, -0.15) is 0 Å². The van der Waals surface area contributed by atoms with E-state index < -0.39 is 174 Å². The molecule has 4 bridgehead atoms. The number of fused-ring (bicyclic) bond motifs is 9. The number of aromatic hydroxyl groups is 10. The van der Waals surface area contributed by atoms with Crippen LogP contribution in [-0.2, 0) is 23.7 Å². The van der Waals surface area contributed by atoms with Crippen molar-refractivity contribution in [2.75, 3.05) is 6.61 Å². The highest BCUT2D eigenvalue weighted by Crippen LogP contribution is 2.53. The van der Waals surface area contributed by atoms with Crippen molar-refractivity contribution >= 4 is 45.8 Å². The summed E-state index contributed by atoms with van der Waals surface area (Å²) in [6, 6.07) is 2.39. The quantitative estimate of drug-likeness (QED) is 0.0604. The molecule has 3 aliphatic rings. The summed E-state index contributed by atoms with van der Waals surface area (Å²) in [6.45, 7) is -1.04. The number of carbonyl (C=O) groups is 4. The van der Waals surface area contributed by atoms with Crippen LogP contribution in [0.5, 0.6) is 57.5 Å². The van der Waals surface area contributed by atoms with Gasteiger partial charge in [0.05, 0.1) is 22.3 Å². The molecule has 8 rings (SSSR count). The normalized spacial score (nSPS) is 22.3. The van der Waals surface area contributed by atoms with E-state index >= 15 is 0 Å². The second kappa shape index (κ2) is 11.7. The molecule has 0 spiro atoms. The second-order valence-corrected chi connectivity index (χ2v) is 12.4. The molecule has 0 unspecified atom stereocenters. The molecule has 5 atom stereocenters. The maximum atomic E-state index is 13.9. The van der Waals surface area contributed by atoms with Crippen LogP contribution in [0.15, 0.2) is 28.7 Å². The number of ether oxygens (including phenoxy) is 5. The monoisotopic (exact) mass is 766 g/mol. The molecule has 4 heterocycles. The zero-order chi connectivity index (χ0) is 39.5. The average molecular weight is 767 g/mol. The van der Waals surface area contributed by atoms with E-state index in [0.717, 1.165) is 0 Å². The van der Waals surface area contributed by atoms with Gasteiger partial charge < -0.3 is 84.3 Å². The minimum absolute atomic E-state index is 0.458. The van der Waals surface area contributed by atoms with E-state index in [1.54, 1.807) is 0 Å². The molecule has 1 aromatic heterocycles. The minimum Gasteiger partial charge on any atom is -0.504 e. The Balaban J connectivity index is 1.35. The molecule has 0 radical (unpaired) electrons. The number of hydrogen-bond donors (Lipinski definition) is 11. The number of furan rings is 1. The predicted molar refractivity (Wildman–Crippen MR) is 171 cm³/mol. The summed E-state index contributed by atoms with van der Waals surface area (Å²) in [6.07, 6.45) is -10.7. The van der Waals surface area contributed by atoms with Gasteiger partial charge in [0.1, 0.15) is 18.8 Å². The molecule has 0 aliphatic carbocycles. The van der Waals surface area contributed by atoms with Crippen molar-refractivity contribution in [3.05, 3.63) is 46.5 Å². The summed E-state index contributed by atoms with van der Waals surface area (Å²) in [5.74, 6) is -17.5. The van der Waals surface area contributed by atoms with Crippen molar-refractivity contribution in [2.45, 2.75) is 30.7 Å². The Hall–Kier alpha value is -7.52. The molecule has 0 amide bonds. The van der Waals surface area contributed by atoms with Crippen LogP contribution in [0.25, 0.3) is 33.1 Å². The number of phenolic OH excluding ortho intramolecular Hbond substituents is 10. The van der Waals surface area contributed by atoms with Crippen molar-refractivity contribution < 1.29 is 103 Å². The number of aliphatic hydroxyl groups is 1. The molecule has 55 heavy (non-hydrogen) atoms. The maximum absolute atomic E-state index is 13.9. The summed E-state index contributed by atoms with van der Waals surface area (Å²) < 4.78 is 33.1. The number of carbonyl (C=O) groups excluding carboxylic acids is 4. The smallest absolute Gasteiger partial charge is 0.341 e. The van der Waals surface area contributed by atoms with Crippen LogP contribution >= 0.6 is 0 Å². The van der Waals surface area contributed by atoms with E-state index in [-0.39, 0.29) is 0 Å². The summed E-state index contributed by atoms with van der Waals surface area (Å²) in [4.78, 5) is 55.4. The van der Waals surface area contributed by atoms with Gasteiger partial charge in [-0.1, -0.05) is 0 Å². The van der Waals surface area contributed by atoms with Crippen LogP contribution in [0, 0.1) is 0 Å². The fourth-order valence-corrected chi connectivity index (χ4v) is 6.68. The van der Waals surface area contributed by atoms with Crippen molar-refractivity contribution in [3.63, 3.8) is 0 Å². The van der Waals surface area contributed by atoms with E-state index in [1.807, 2.05) is 0 Å². The van der Waals surface area contributed by atoms with Crippen LogP contribution in [0.3, 0.4) is 0 Å². The first-order valence-corrected chi connectivity index (χ1v) is 15.6. The Bertz CT molecular complexity index is 2590. The summed E-state index contributed by atoms with van der Waals surface area (Å²) in [5.41, 5.74) is -6.48. The Morgan fingerprint density at radius 1 is 0.491 bits per heavy atom. The van der Waals surface area contributed by atoms with Gasteiger partial charge >= 0.3 is 23.9 Å². The highest BCUT2D eigenvalue weighted by atomic mass is 16.7. The highest BCUT2D eigenvalue weighted by molar-refractivity contribution is 6.23. The Morgan fingerprint density at radius 2 is 0.909 bits per heavy atom. The lowest BCUT2D eigenvalue weighted by Gasteiger charge is -2.42. The van der Waals surface area contributed by atoms with Crippen LogP contribution < -0.4 is 0 Å². The number of aliphatic hydroxyl groups excluding tert-OH is 1. The number of hydrogen-bond acceptors (Lipinski definition) is 21. The van der Waals surface area contributed by atoms with Crippen molar-refractivity contribution in [1.82, 2.24) is 0 Å². The Labute approximate surface area is 301 Å². The number of cyclic esters (lactones) is 1. The summed E-state index contributed by atoms with van der Waals surface area (Å²) in [7, 11) is 0. The third kappa shape index (κ3) is 4.87. The van der Waals surface area contributed by atoms with Crippen LogP contribution in [0.4, 0.5) is 0 Å². The first kappa shape index (κ1) is 34.6. The van der Waals surface area contributed by atoms with Crippen LogP contribution in [-0.4, -0.2) is 117 Å². The fraction of sp³-hybridized carbons (Fsp3) is 0.176. The van der Waals surface area contributed by atoms with Crippen LogP contribution in [0.2, 0.25) is 0 Å². The SMILES string of the molecule is O=C1OC[C@H]2O[C@@H](OC(=O)c3cc(O)c(O)c(O)c3-c3c1cc(O)c(O)c3O)[C@@H]1OC(=O)c3cc(O)c(O)c4oc5c(O)c(O)cc(c5c34)C(=O)O[C@H]2[C@@H]1O. The Kier molecular flexibility index (Phi) is 7.38. The third-order valence-electron chi connectivity index (χ3n) is 9.27. The lowest BCUT2D eigenvalue weighted by molar-refractivity contribution is -0.283. The highest BCUT2D eigenvalue weighted by Gasteiger charge is 2.53. The zero-order valence-electron chi connectivity index (χ0n) is 26.9. The van der Waals surface area contributed by atoms with Gasteiger partial charge in [-0.15, -0.1) is 0 Å². The molecule has 21 nitrogen and oxygen atoms in total. The lowest BCUT2D eigenvalue weighted by atomic mass is 9.91. The van der Waals surface area contributed by atoms with E-state index in [2.05, 4.69) is 0 Å². The third-order valence-corrected chi connectivity index (χ3v) is 9.27. The molecular weight excluding hydrogens is 744 g/mol. The van der Waals surface area contributed by atoms with Gasteiger partial charge in [0.25, 0.3) is 0 Å². The average Bonchev–Trinajstić information content (AvgIpc) is 3.54. The predicted octanol–water partition coefficient (Wildman–Crippen LogP) is 1.49. The van der Waals surface area contributed by atoms with E-state index in [4.69, 9.17) is 28.1 Å². The zero-order valence-corrected chi connectivity index (χ0v) is 26.9. The molecule has 0 saturated carbocycles. The molecule has 21 heteroatoms. The van der Waals surface area contributed by atoms with Crippen molar-refractivity contribution in [1.29, 1.82) is 0 Å². The van der Waals surface area contributed by atoms with Gasteiger partial charge in [-0.05, 0) is 24.3 Å². The standard InChI is InChI=1S/C34H22O21/c35-10-1-6-15(23(43)19(10)39)16-7(2-11(36)20(40)24(16)44)33(49)55-34-29-25(45)26(14(51-34)5-50-30(6)46)53-31(47)8-3-12(37)21(41)27-17(8)18-9(32(48)54-29)4-13(38)22(42)28(18)52-27/h1-4,14,25-26,29,34-45H,5H2/t14-,25+,26-,29-,34+/m1/s1.